The summed E-state index contributed by atoms with van der Waals surface area (Å²) >= 11 is 0. The molecule has 28 heavy (non-hydrogen) atoms. The fraction of sp³-hybridized carbons (Fsp3) is 0.529. The lowest BCUT2D eigenvalue weighted by molar-refractivity contribution is -0.145. The van der Waals surface area contributed by atoms with Crippen LogP contribution in [0.2, 0.25) is 0 Å². The van der Waals surface area contributed by atoms with Gasteiger partial charge in [-0.25, -0.2) is 13.6 Å². The van der Waals surface area contributed by atoms with Crippen molar-refractivity contribution >= 4 is 19.5 Å². The zero-order valence-corrected chi connectivity index (χ0v) is 16.5. The van der Waals surface area contributed by atoms with Crippen molar-refractivity contribution < 1.29 is 38.9 Å². The highest BCUT2D eigenvalue weighted by Crippen LogP contribution is 2.50. The molecule has 0 spiro atoms. The number of hydrogen-bond acceptors (Lipinski definition) is 5. The third kappa shape index (κ3) is 6.94. The second-order valence-corrected chi connectivity index (χ2v) is 8.46. The van der Waals surface area contributed by atoms with Crippen LogP contribution in [0.25, 0.3) is 0 Å². The van der Waals surface area contributed by atoms with E-state index in [1.807, 2.05) is 0 Å². The normalized spacial score (nSPS) is 15.7. The topological polar surface area (TPSA) is 139 Å². The van der Waals surface area contributed by atoms with E-state index >= 15 is 0 Å². The zero-order valence-electron chi connectivity index (χ0n) is 15.6. The summed E-state index contributed by atoms with van der Waals surface area (Å²) in [5.41, 5.74) is 4.82. The summed E-state index contributed by atoms with van der Waals surface area (Å²) in [4.78, 5) is 33.9. The number of halogens is 2. The van der Waals surface area contributed by atoms with E-state index in [1.165, 1.54) is 13.8 Å². The minimum absolute atomic E-state index is 0. The molecule has 1 aromatic rings. The van der Waals surface area contributed by atoms with Crippen LogP contribution >= 0.6 is 7.60 Å². The first-order valence-electron chi connectivity index (χ1n) is 8.69. The SMILES string of the molecule is CC(C)C(NC(=O)c1ccc(F)cc1F)P(=O)(O)OC(CCCCN)C(=O)O.[HH]. The first-order chi connectivity index (χ1) is 13.0. The lowest BCUT2D eigenvalue weighted by Gasteiger charge is -2.28. The monoisotopic (exact) mass is 424 g/mol. The number of amides is 1. The molecule has 0 fully saturated rings. The van der Waals surface area contributed by atoms with Gasteiger partial charge in [0.1, 0.15) is 17.4 Å². The van der Waals surface area contributed by atoms with Gasteiger partial charge in [-0.2, -0.15) is 0 Å². The molecule has 0 aliphatic rings. The van der Waals surface area contributed by atoms with Crippen molar-refractivity contribution in [2.45, 2.75) is 45.0 Å². The Morgan fingerprint density at radius 2 is 1.96 bits per heavy atom. The Balaban J connectivity index is 0.00000784. The molecule has 0 saturated heterocycles. The fourth-order valence-corrected chi connectivity index (χ4v) is 4.18. The molecule has 0 aromatic heterocycles. The van der Waals surface area contributed by atoms with Gasteiger partial charge in [-0.3, -0.25) is 13.9 Å². The number of aliphatic carboxylic acids is 1. The van der Waals surface area contributed by atoms with Crippen LogP contribution in [0.4, 0.5) is 8.78 Å². The number of benzene rings is 1. The summed E-state index contributed by atoms with van der Waals surface area (Å²) in [5, 5.41) is 11.4. The largest absolute Gasteiger partial charge is 0.479 e. The molecular weight excluding hydrogens is 397 g/mol. The molecule has 3 atom stereocenters. The van der Waals surface area contributed by atoms with Crippen molar-refractivity contribution in [3.05, 3.63) is 35.4 Å². The maximum atomic E-state index is 13.8. The molecule has 1 aromatic carbocycles. The number of nitrogens with one attached hydrogen (secondary N) is 1. The van der Waals surface area contributed by atoms with Crippen molar-refractivity contribution in [3.8, 4) is 0 Å². The Labute approximate surface area is 163 Å². The molecule has 3 unspecified atom stereocenters. The van der Waals surface area contributed by atoms with Gasteiger partial charge in [-0.15, -0.1) is 0 Å². The van der Waals surface area contributed by atoms with Gasteiger partial charge < -0.3 is 21.1 Å². The van der Waals surface area contributed by atoms with Crippen LogP contribution in [0.15, 0.2) is 18.2 Å². The van der Waals surface area contributed by atoms with E-state index in [1.54, 1.807) is 0 Å². The molecular formula is C17H27F2N2O6P. The maximum Gasteiger partial charge on any atom is 0.351 e. The number of nitrogens with two attached hydrogens (primary N) is 1. The van der Waals surface area contributed by atoms with Crippen molar-refractivity contribution in [3.63, 3.8) is 0 Å². The van der Waals surface area contributed by atoms with E-state index in [4.69, 9.17) is 10.3 Å². The van der Waals surface area contributed by atoms with Crippen LogP contribution in [0.3, 0.4) is 0 Å². The summed E-state index contributed by atoms with van der Waals surface area (Å²) in [5.74, 6) is -6.65. The number of unbranched alkanes of at least 4 members (excludes halogenated alkanes) is 1. The van der Waals surface area contributed by atoms with Crippen molar-refractivity contribution in [1.29, 1.82) is 0 Å². The third-order valence-corrected chi connectivity index (χ3v) is 5.90. The Hall–Kier alpha value is -1.87. The van der Waals surface area contributed by atoms with E-state index in [-0.39, 0.29) is 7.85 Å². The quantitative estimate of drug-likeness (QED) is 0.316. The Morgan fingerprint density at radius 3 is 2.46 bits per heavy atom. The predicted octanol–water partition coefficient (Wildman–Crippen LogP) is 2.71. The highest BCUT2D eigenvalue weighted by atomic mass is 31.2. The first kappa shape index (κ1) is 24.2. The number of hydrogen-bond donors (Lipinski definition) is 4. The molecule has 0 radical (unpaired) electrons. The molecule has 8 nitrogen and oxygen atoms in total. The fourth-order valence-electron chi connectivity index (χ4n) is 2.45. The van der Waals surface area contributed by atoms with Gasteiger partial charge in [-0.1, -0.05) is 13.8 Å². The number of carbonyl (C=O) groups excluding carboxylic acids is 1. The summed E-state index contributed by atoms with van der Waals surface area (Å²) in [7, 11) is -4.66. The van der Waals surface area contributed by atoms with Gasteiger partial charge in [0.15, 0.2) is 6.10 Å². The molecule has 1 rings (SSSR count). The number of carbonyl (C=O) groups is 2. The molecule has 0 saturated carbocycles. The highest BCUT2D eigenvalue weighted by Gasteiger charge is 2.40. The van der Waals surface area contributed by atoms with Crippen LogP contribution in [0.5, 0.6) is 0 Å². The maximum absolute atomic E-state index is 13.8. The standard InChI is InChI=1S/C17H25F2N2O6P.H2/c1-10(2)16(21-15(22)12-7-6-11(18)9-13(12)19)28(25,26)27-14(17(23)24)5-3-4-8-20;/h6-7,9-10,14,16H,3-5,8,20H2,1-2H3,(H,21,22)(H,23,24)(H,25,26);1H. The number of rotatable bonds is 11. The summed E-state index contributed by atoms with van der Waals surface area (Å²) in [6.07, 6.45) is -0.727. The van der Waals surface area contributed by atoms with Crippen LogP contribution < -0.4 is 11.1 Å². The second-order valence-electron chi connectivity index (χ2n) is 6.57. The van der Waals surface area contributed by atoms with Gasteiger partial charge in [0.05, 0.1) is 5.56 Å². The second kappa shape index (κ2) is 10.6. The smallest absolute Gasteiger partial charge is 0.351 e. The lowest BCUT2D eigenvalue weighted by atomic mass is 10.1. The van der Waals surface area contributed by atoms with Gasteiger partial charge in [0.25, 0.3) is 5.91 Å². The highest BCUT2D eigenvalue weighted by molar-refractivity contribution is 7.53. The van der Waals surface area contributed by atoms with Gasteiger partial charge in [0, 0.05) is 7.49 Å². The van der Waals surface area contributed by atoms with Crippen LogP contribution in [0.1, 0.15) is 44.9 Å². The van der Waals surface area contributed by atoms with Crippen LogP contribution in [-0.4, -0.2) is 40.3 Å². The van der Waals surface area contributed by atoms with E-state index in [2.05, 4.69) is 5.32 Å². The van der Waals surface area contributed by atoms with Gasteiger partial charge in [0.2, 0.25) is 0 Å². The van der Waals surface area contributed by atoms with Crippen LogP contribution in [0, 0.1) is 17.6 Å². The number of carboxylic acids is 1. The van der Waals surface area contributed by atoms with Crippen molar-refractivity contribution in [2.24, 2.45) is 11.7 Å². The molecule has 1 amide bonds. The van der Waals surface area contributed by atoms with Crippen LogP contribution in [-0.2, 0) is 13.9 Å². The first-order valence-corrected chi connectivity index (χ1v) is 10.3. The Bertz CT molecular complexity index is 753. The Kier molecular flexibility index (Phi) is 9.16. The molecule has 160 valence electrons. The number of carboxylic acid groups (broad SMARTS) is 1. The van der Waals surface area contributed by atoms with Crippen molar-refractivity contribution in [1.82, 2.24) is 5.32 Å². The molecule has 0 aliphatic heterocycles. The van der Waals surface area contributed by atoms with Gasteiger partial charge >= 0.3 is 13.6 Å². The molecule has 11 heteroatoms. The van der Waals surface area contributed by atoms with E-state index < -0.39 is 54.5 Å². The average Bonchev–Trinajstić information content (AvgIpc) is 2.58. The predicted molar refractivity (Wildman–Crippen MR) is 99.8 cm³/mol. The summed E-state index contributed by atoms with van der Waals surface area (Å²) < 4.78 is 44.4. The van der Waals surface area contributed by atoms with Gasteiger partial charge in [-0.05, 0) is 43.9 Å². The molecule has 5 N–H and O–H groups in total. The van der Waals surface area contributed by atoms with E-state index in [0.29, 0.717) is 25.5 Å². The summed E-state index contributed by atoms with van der Waals surface area (Å²) in [6, 6.07) is 2.27. The zero-order chi connectivity index (χ0) is 21.5. The van der Waals surface area contributed by atoms with E-state index in [0.717, 1.165) is 12.1 Å². The molecule has 0 bridgehead atoms. The summed E-state index contributed by atoms with van der Waals surface area (Å²) in [6.45, 7) is 3.34. The molecule has 0 heterocycles. The third-order valence-electron chi connectivity index (χ3n) is 3.91. The molecule has 0 aliphatic carbocycles. The lowest BCUT2D eigenvalue weighted by Crippen LogP contribution is -2.40. The van der Waals surface area contributed by atoms with Crippen molar-refractivity contribution in [2.75, 3.05) is 6.54 Å². The minimum Gasteiger partial charge on any atom is -0.479 e. The van der Waals surface area contributed by atoms with E-state index in [9.17, 15) is 32.9 Å². The average molecular weight is 424 g/mol. The Morgan fingerprint density at radius 1 is 1.32 bits per heavy atom. The minimum atomic E-state index is -4.66.